The molecule has 1 heterocycles. The van der Waals surface area contributed by atoms with Crippen molar-refractivity contribution in [3.8, 4) is 11.5 Å². The molecule has 1 amide bonds. The van der Waals surface area contributed by atoms with Crippen molar-refractivity contribution in [2.75, 3.05) is 7.11 Å². The number of ether oxygens (including phenoxy) is 1. The van der Waals surface area contributed by atoms with Crippen LogP contribution in [0.5, 0.6) is 11.5 Å². The molecule has 0 aliphatic heterocycles. The predicted octanol–water partition coefficient (Wildman–Crippen LogP) is 3.59. The number of aromatic nitrogens is 1. The fourth-order valence-corrected chi connectivity index (χ4v) is 3.00. The highest BCUT2D eigenvalue weighted by Crippen LogP contribution is 2.40. The van der Waals surface area contributed by atoms with Crippen LogP contribution in [-0.4, -0.2) is 29.3 Å². The molecular formula is C21H19N3O3. The number of aromatic hydroxyl groups is 1. The molecule has 0 bridgehead atoms. The third kappa shape index (κ3) is 3.46. The Morgan fingerprint density at radius 1 is 1.26 bits per heavy atom. The van der Waals surface area contributed by atoms with Crippen molar-refractivity contribution in [3.63, 3.8) is 0 Å². The van der Waals surface area contributed by atoms with Gasteiger partial charge in [-0.1, -0.05) is 24.3 Å². The summed E-state index contributed by atoms with van der Waals surface area (Å²) in [6, 6.07) is 14.5. The molecule has 0 unspecified atom stereocenters. The summed E-state index contributed by atoms with van der Waals surface area (Å²) in [5, 5.41) is 14.9. The van der Waals surface area contributed by atoms with Gasteiger partial charge >= 0.3 is 0 Å². The summed E-state index contributed by atoms with van der Waals surface area (Å²) < 4.78 is 5.07. The molecule has 2 aromatic carbocycles. The molecule has 6 heteroatoms. The van der Waals surface area contributed by atoms with E-state index in [0.29, 0.717) is 22.8 Å². The quantitative estimate of drug-likeness (QED) is 0.537. The van der Waals surface area contributed by atoms with Crippen LogP contribution >= 0.6 is 0 Å². The van der Waals surface area contributed by atoms with Crippen molar-refractivity contribution < 1.29 is 14.6 Å². The van der Waals surface area contributed by atoms with Gasteiger partial charge in [0, 0.05) is 22.6 Å². The standard InChI is InChI=1S/C21H19N3O3/c1-27-19-8-4-5-14(20(19)25)12-22-24-21(26)16-11-18(13-9-10-13)23-17-7-3-2-6-15(16)17/h2-8,11-13,25H,9-10H2,1H3,(H,24,26). The number of amides is 1. The number of hydrazone groups is 1. The topological polar surface area (TPSA) is 83.8 Å². The molecule has 0 radical (unpaired) electrons. The van der Waals surface area contributed by atoms with Crippen molar-refractivity contribution >= 4 is 23.0 Å². The zero-order chi connectivity index (χ0) is 18.8. The van der Waals surface area contributed by atoms with E-state index >= 15 is 0 Å². The van der Waals surface area contributed by atoms with Crippen LogP contribution < -0.4 is 10.2 Å². The second kappa shape index (κ2) is 7.07. The van der Waals surface area contributed by atoms with Crippen LogP contribution in [0.4, 0.5) is 0 Å². The maximum absolute atomic E-state index is 12.7. The molecule has 2 N–H and O–H groups in total. The van der Waals surface area contributed by atoms with Crippen LogP contribution in [0, 0.1) is 0 Å². The monoisotopic (exact) mass is 361 g/mol. The van der Waals surface area contributed by atoms with Crippen LogP contribution in [0.15, 0.2) is 53.6 Å². The first-order chi connectivity index (χ1) is 13.2. The fraction of sp³-hybridized carbons (Fsp3) is 0.190. The van der Waals surface area contributed by atoms with E-state index < -0.39 is 0 Å². The Morgan fingerprint density at radius 2 is 2.07 bits per heavy atom. The minimum atomic E-state index is -0.311. The van der Waals surface area contributed by atoms with Crippen molar-refractivity contribution in [1.29, 1.82) is 0 Å². The molecule has 27 heavy (non-hydrogen) atoms. The molecule has 0 atom stereocenters. The number of rotatable bonds is 5. The lowest BCUT2D eigenvalue weighted by molar-refractivity contribution is 0.0956. The molecule has 1 aliphatic carbocycles. The number of phenols is 1. The first-order valence-electron chi connectivity index (χ1n) is 8.76. The number of fused-ring (bicyclic) bond motifs is 1. The van der Waals surface area contributed by atoms with Crippen LogP contribution in [0.2, 0.25) is 0 Å². The van der Waals surface area contributed by atoms with Crippen molar-refractivity contribution in [2.45, 2.75) is 18.8 Å². The predicted molar refractivity (Wildman–Crippen MR) is 103 cm³/mol. The summed E-state index contributed by atoms with van der Waals surface area (Å²) in [6.07, 6.45) is 3.61. The lowest BCUT2D eigenvalue weighted by Crippen LogP contribution is -2.18. The Bertz CT molecular complexity index is 1040. The first-order valence-corrected chi connectivity index (χ1v) is 8.76. The van der Waals surface area contributed by atoms with Gasteiger partial charge in [-0.3, -0.25) is 9.78 Å². The Morgan fingerprint density at radius 3 is 2.85 bits per heavy atom. The lowest BCUT2D eigenvalue weighted by Gasteiger charge is -2.08. The van der Waals surface area contributed by atoms with E-state index in [1.54, 1.807) is 18.2 Å². The van der Waals surface area contributed by atoms with E-state index in [1.807, 2.05) is 30.3 Å². The maximum atomic E-state index is 12.7. The van der Waals surface area contributed by atoms with Crippen LogP contribution in [0.25, 0.3) is 10.9 Å². The van der Waals surface area contributed by atoms with E-state index in [9.17, 15) is 9.90 Å². The maximum Gasteiger partial charge on any atom is 0.272 e. The summed E-state index contributed by atoms with van der Waals surface area (Å²) in [5.41, 5.74) is 5.30. The first kappa shape index (κ1) is 17.0. The number of pyridine rings is 1. The molecule has 0 spiro atoms. The van der Waals surface area contributed by atoms with E-state index in [-0.39, 0.29) is 11.7 Å². The zero-order valence-electron chi connectivity index (χ0n) is 14.8. The highest BCUT2D eigenvalue weighted by atomic mass is 16.5. The fourth-order valence-electron chi connectivity index (χ4n) is 3.00. The Labute approximate surface area is 156 Å². The summed E-state index contributed by atoms with van der Waals surface area (Å²) >= 11 is 0. The molecule has 1 aromatic heterocycles. The number of phenolic OH excluding ortho intramolecular Hbond substituents is 1. The van der Waals surface area contributed by atoms with Crippen molar-refractivity contribution in [3.05, 3.63) is 65.4 Å². The number of methoxy groups -OCH3 is 1. The molecular weight excluding hydrogens is 342 g/mol. The molecule has 0 saturated heterocycles. The summed E-state index contributed by atoms with van der Waals surface area (Å²) in [5.74, 6) is 0.454. The number of hydrogen-bond acceptors (Lipinski definition) is 5. The Kier molecular flexibility index (Phi) is 4.46. The number of para-hydroxylation sites is 2. The SMILES string of the molecule is COc1cccc(C=NNC(=O)c2cc(C3CC3)nc3ccccc23)c1O. The zero-order valence-corrected chi connectivity index (χ0v) is 14.8. The number of carbonyl (C=O) groups is 1. The molecule has 3 aromatic rings. The van der Waals surface area contributed by atoms with Gasteiger partial charge in [0.25, 0.3) is 5.91 Å². The van der Waals surface area contributed by atoms with Crippen LogP contribution in [0.3, 0.4) is 0 Å². The van der Waals surface area contributed by atoms with Crippen molar-refractivity contribution in [1.82, 2.24) is 10.4 Å². The van der Waals surface area contributed by atoms with Gasteiger partial charge in [0.2, 0.25) is 0 Å². The Balaban J connectivity index is 1.60. The average molecular weight is 361 g/mol. The van der Waals surface area contributed by atoms with Gasteiger partial charge in [0.05, 0.1) is 24.4 Å². The lowest BCUT2D eigenvalue weighted by atomic mass is 10.1. The molecule has 1 aliphatic rings. The molecule has 4 rings (SSSR count). The van der Waals surface area contributed by atoms with Gasteiger partial charge in [-0.15, -0.1) is 0 Å². The number of nitrogens with one attached hydrogen (secondary N) is 1. The van der Waals surface area contributed by atoms with Crippen molar-refractivity contribution in [2.24, 2.45) is 5.10 Å². The minimum absolute atomic E-state index is 0.0246. The smallest absolute Gasteiger partial charge is 0.272 e. The van der Waals surface area contributed by atoms with Gasteiger partial charge in [-0.05, 0) is 37.1 Å². The second-order valence-corrected chi connectivity index (χ2v) is 6.48. The summed E-state index contributed by atoms with van der Waals surface area (Å²) in [7, 11) is 1.48. The van der Waals surface area contributed by atoms with E-state index in [0.717, 1.165) is 29.4 Å². The molecule has 6 nitrogen and oxygen atoms in total. The third-order valence-corrected chi connectivity index (χ3v) is 4.60. The van der Waals surface area contributed by atoms with Gasteiger partial charge in [0.1, 0.15) is 0 Å². The minimum Gasteiger partial charge on any atom is -0.504 e. The molecule has 1 fully saturated rings. The van der Waals surface area contributed by atoms with Crippen LogP contribution in [0.1, 0.15) is 40.4 Å². The van der Waals surface area contributed by atoms with E-state index in [4.69, 9.17) is 4.74 Å². The van der Waals surface area contributed by atoms with Gasteiger partial charge in [-0.2, -0.15) is 5.10 Å². The molecule has 136 valence electrons. The highest BCUT2D eigenvalue weighted by Gasteiger charge is 2.26. The van der Waals surface area contributed by atoms with Gasteiger partial charge in [-0.25, -0.2) is 5.43 Å². The normalized spacial score (nSPS) is 13.8. The number of carbonyl (C=O) groups excluding carboxylic acids is 1. The van der Waals surface area contributed by atoms with E-state index in [2.05, 4.69) is 15.5 Å². The largest absolute Gasteiger partial charge is 0.504 e. The van der Waals surface area contributed by atoms with E-state index in [1.165, 1.54) is 13.3 Å². The van der Waals surface area contributed by atoms with Crippen LogP contribution in [-0.2, 0) is 0 Å². The highest BCUT2D eigenvalue weighted by molar-refractivity contribution is 6.06. The molecule has 1 saturated carbocycles. The summed E-state index contributed by atoms with van der Waals surface area (Å²) in [4.78, 5) is 17.4. The number of hydrogen-bond donors (Lipinski definition) is 2. The van der Waals surface area contributed by atoms with Gasteiger partial charge < -0.3 is 9.84 Å². The number of nitrogens with zero attached hydrogens (tertiary/aromatic N) is 2. The number of benzene rings is 2. The van der Waals surface area contributed by atoms with Gasteiger partial charge in [0.15, 0.2) is 11.5 Å². The average Bonchev–Trinajstić information content (AvgIpc) is 3.53. The Hall–Kier alpha value is -3.41. The second-order valence-electron chi connectivity index (χ2n) is 6.48. The third-order valence-electron chi connectivity index (χ3n) is 4.60. The summed E-state index contributed by atoms with van der Waals surface area (Å²) in [6.45, 7) is 0.